The van der Waals surface area contributed by atoms with Crippen LogP contribution in [0.3, 0.4) is 0 Å². The molecule has 0 amide bonds. The third-order valence-electron chi connectivity index (χ3n) is 0.408. The Kier molecular flexibility index (Phi) is 10.1. The molecule has 1 nitrogen and oxygen atoms in total. The Balaban J connectivity index is 0. The van der Waals surface area contributed by atoms with Gasteiger partial charge in [0, 0.05) is 31.1 Å². The van der Waals surface area contributed by atoms with Crippen LogP contribution in [0.4, 0.5) is 0 Å². The molecule has 0 heterocycles. The average Bonchev–Trinajstić information content (AvgIpc) is 1.38. The summed E-state index contributed by atoms with van der Waals surface area (Å²) in [6, 6.07) is 0. The van der Waals surface area contributed by atoms with Gasteiger partial charge in [0.25, 0.3) is 0 Å². The van der Waals surface area contributed by atoms with Crippen LogP contribution >= 0.6 is 0 Å². The Labute approximate surface area is 62.8 Å². The van der Waals surface area contributed by atoms with Gasteiger partial charge in [-0.1, -0.05) is 0 Å². The van der Waals surface area contributed by atoms with E-state index in [0.717, 1.165) is 6.10 Å². The van der Waals surface area contributed by atoms with Crippen LogP contribution in [0.2, 0.25) is 0 Å². The quantitative estimate of drug-likeness (QED) is 0.662. The SMILES string of the molecule is CO[C-](C)C.[U]. The Bertz CT molecular complexity index is 21.5. The van der Waals surface area contributed by atoms with E-state index in [1.165, 1.54) is 0 Å². The van der Waals surface area contributed by atoms with Crippen molar-refractivity contribution in [3.05, 3.63) is 6.10 Å². The molecule has 2 heteroatoms. The third kappa shape index (κ3) is 8.89. The Morgan fingerprint density at radius 1 is 1.33 bits per heavy atom. The molecule has 0 atom stereocenters. The molecule has 0 saturated carbocycles. The Morgan fingerprint density at radius 2 is 1.50 bits per heavy atom. The second kappa shape index (κ2) is 6.01. The molecule has 0 aliphatic rings. The molecular formula is C4H9OU-. The maximum absolute atomic E-state index is 4.67. The van der Waals surface area contributed by atoms with Gasteiger partial charge in [-0.2, -0.15) is 13.8 Å². The minimum Gasteiger partial charge on any atom is -0.552 e. The van der Waals surface area contributed by atoms with Crippen molar-refractivity contribution < 1.29 is 35.9 Å². The van der Waals surface area contributed by atoms with E-state index in [4.69, 9.17) is 0 Å². The molecule has 0 unspecified atom stereocenters. The summed E-state index contributed by atoms with van der Waals surface area (Å²) in [5.74, 6) is 0. The largest absolute Gasteiger partial charge is 0.552 e. The molecule has 0 aromatic carbocycles. The van der Waals surface area contributed by atoms with Crippen LogP contribution < -0.4 is 0 Å². The van der Waals surface area contributed by atoms with Gasteiger partial charge in [0.05, 0.1) is 0 Å². The predicted molar refractivity (Wildman–Crippen MR) is 21.6 cm³/mol. The summed E-state index contributed by atoms with van der Waals surface area (Å²) >= 11 is 0. The van der Waals surface area contributed by atoms with Gasteiger partial charge in [-0.3, -0.25) is 0 Å². The summed E-state index contributed by atoms with van der Waals surface area (Å²) < 4.78 is 4.67. The molecule has 0 fully saturated rings. The van der Waals surface area contributed by atoms with Gasteiger partial charge in [0.2, 0.25) is 0 Å². The van der Waals surface area contributed by atoms with Crippen LogP contribution in [-0.2, 0) is 4.74 Å². The van der Waals surface area contributed by atoms with Crippen LogP contribution in [0, 0.1) is 37.2 Å². The smallest absolute Gasteiger partial charge is 0 e. The predicted octanol–water partition coefficient (Wildman–Crippen LogP) is 1.20. The Hall–Kier alpha value is 1.01. The van der Waals surface area contributed by atoms with Crippen molar-refractivity contribution in [3.8, 4) is 0 Å². The molecule has 0 radical (unpaired) electrons. The molecule has 0 bridgehead atoms. The molecule has 0 N–H and O–H groups in total. The molecule has 0 saturated heterocycles. The fourth-order valence-electron chi connectivity index (χ4n) is 0. The molecule has 0 spiro atoms. The molecule has 0 aliphatic heterocycles. The topological polar surface area (TPSA) is 9.23 Å². The molecule has 36 valence electrons. The van der Waals surface area contributed by atoms with Crippen LogP contribution in [0.15, 0.2) is 0 Å². The second-order valence-corrected chi connectivity index (χ2v) is 1.11. The van der Waals surface area contributed by atoms with Gasteiger partial charge < -0.3 is 4.74 Å². The first kappa shape index (κ1) is 10.1. The zero-order valence-corrected chi connectivity index (χ0v) is 8.57. The first-order chi connectivity index (χ1) is 2.27. The van der Waals surface area contributed by atoms with Gasteiger partial charge in [-0.25, -0.2) is 6.10 Å². The van der Waals surface area contributed by atoms with E-state index in [-0.39, 0.29) is 31.1 Å². The number of methoxy groups -OCH3 is 1. The van der Waals surface area contributed by atoms with Crippen LogP contribution in [0.25, 0.3) is 0 Å². The average molecular weight is 311 g/mol. The zero-order valence-electron chi connectivity index (χ0n) is 4.41. The molecule has 0 aromatic heterocycles. The number of rotatable bonds is 1. The van der Waals surface area contributed by atoms with Crippen molar-refractivity contribution in [1.29, 1.82) is 0 Å². The van der Waals surface area contributed by atoms with Crippen molar-refractivity contribution in [1.82, 2.24) is 0 Å². The van der Waals surface area contributed by atoms with Gasteiger partial charge in [-0.05, 0) is 7.11 Å². The van der Waals surface area contributed by atoms with E-state index in [2.05, 4.69) is 4.74 Å². The van der Waals surface area contributed by atoms with Crippen LogP contribution in [0.1, 0.15) is 13.8 Å². The van der Waals surface area contributed by atoms with E-state index in [9.17, 15) is 0 Å². The van der Waals surface area contributed by atoms with Crippen molar-refractivity contribution in [2.75, 3.05) is 7.11 Å². The minimum absolute atomic E-state index is 0. The fraction of sp³-hybridized carbons (Fsp3) is 0.750. The van der Waals surface area contributed by atoms with Gasteiger partial charge in [0.15, 0.2) is 0 Å². The molecular weight excluding hydrogens is 302 g/mol. The first-order valence-corrected chi connectivity index (χ1v) is 1.61. The first-order valence-electron chi connectivity index (χ1n) is 1.61. The molecule has 0 aliphatic carbocycles. The summed E-state index contributed by atoms with van der Waals surface area (Å²) in [6.45, 7) is 3.83. The van der Waals surface area contributed by atoms with E-state index in [1.807, 2.05) is 13.8 Å². The zero-order chi connectivity index (χ0) is 4.28. The minimum atomic E-state index is 0. The summed E-state index contributed by atoms with van der Waals surface area (Å²) in [5.41, 5.74) is 0. The summed E-state index contributed by atoms with van der Waals surface area (Å²) in [4.78, 5) is 0. The number of ether oxygens (including phenoxy) is 1. The Morgan fingerprint density at radius 3 is 1.50 bits per heavy atom. The van der Waals surface area contributed by atoms with Crippen molar-refractivity contribution in [3.63, 3.8) is 0 Å². The fourth-order valence-corrected chi connectivity index (χ4v) is 0. The van der Waals surface area contributed by atoms with E-state index in [0.29, 0.717) is 0 Å². The molecule has 0 rings (SSSR count). The monoisotopic (exact) mass is 311 g/mol. The molecule has 6 heavy (non-hydrogen) atoms. The third-order valence-corrected chi connectivity index (χ3v) is 0.408. The van der Waals surface area contributed by atoms with Crippen molar-refractivity contribution >= 4 is 0 Å². The maximum atomic E-state index is 4.67. The van der Waals surface area contributed by atoms with Gasteiger partial charge in [0.1, 0.15) is 0 Å². The van der Waals surface area contributed by atoms with E-state index >= 15 is 0 Å². The van der Waals surface area contributed by atoms with Crippen LogP contribution in [0.5, 0.6) is 0 Å². The van der Waals surface area contributed by atoms with Crippen molar-refractivity contribution in [2.45, 2.75) is 13.8 Å². The standard InChI is InChI=1S/C4H9O.U/c1-4(2)5-3;/h1-3H3;/q-1;. The van der Waals surface area contributed by atoms with E-state index < -0.39 is 0 Å². The van der Waals surface area contributed by atoms with E-state index in [1.54, 1.807) is 7.11 Å². The molecule has 0 aromatic rings. The summed E-state index contributed by atoms with van der Waals surface area (Å²) in [5, 5.41) is 0. The summed E-state index contributed by atoms with van der Waals surface area (Å²) in [6.07, 6.45) is 1.00. The number of hydrogen-bond acceptors (Lipinski definition) is 1. The number of hydrogen-bond donors (Lipinski definition) is 0. The van der Waals surface area contributed by atoms with Gasteiger partial charge in [-0.15, -0.1) is 0 Å². The normalized spacial score (nSPS) is 8.00. The summed E-state index contributed by atoms with van der Waals surface area (Å²) in [7, 11) is 1.66. The van der Waals surface area contributed by atoms with Crippen molar-refractivity contribution in [2.24, 2.45) is 0 Å². The van der Waals surface area contributed by atoms with Gasteiger partial charge >= 0.3 is 0 Å². The van der Waals surface area contributed by atoms with Crippen LogP contribution in [-0.4, -0.2) is 7.11 Å². The second-order valence-electron chi connectivity index (χ2n) is 1.11. The maximum Gasteiger partial charge on any atom is 0 e.